The lowest BCUT2D eigenvalue weighted by molar-refractivity contribution is 0.414. The van der Waals surface area contributed by atoms with Gasteiger partial charge in [-0.15, -0.1) is 0 Å². The number of anilines is 1. The Morgan fingerprint density at radius 1 is 1.00 bits per heavy atom. The second-order valence-electron chi connectivity index (χ2n) is 5.76. The number of methoxy groups -OCH3 is 2. The summed E-state index contributed by atoms with van der Waals surface area (Å²) in [5, 5.41) is 8.52. The second kappa shape index (κ2) is 8.09. The van der Waals surface area contributed by atoms with Crippen molar-refractivity contribution in [2.75, 3.05) is 25.7 Å². The number of guanidine groups is 1. The molecule has 7 heteroatoms. The van der Waals surface area contributed by atoms with E-state index >= 15 is 0 Å². The largest absolute Gasteiger partial charge is 0.497 e. The summed E-state index contributed by atoms with van der Waals surface area (Å²) in [5.74, 6) is 1.57. The third kappa shape index (κ3) is 3.88. The molecule has 140 valence electrons. The Morgan fingerprint density at radius 2 is 1.52 bits per heavy atom. The van der Waals surface area contributed by atoms with Gasteiger partial charge in [-0.05, 0) is 61.0 Å². The van der Waals surface area contributed by atoms with Gasteiger partial charge in [-0.2, -0.15) is 0 Å². The maximum absolute atomic E-state index is 7.82. The normalized spacial score (nSPS) is 10.5. The molecule has 2 aromatic carbocycles. The van der Waals surface area contributed by atoms with Crippen molar-refractivity contribution >= 4 is 22.4 Å². The van der Waals surface area contributed by atoms with Crippen LogP contribution in [0.15, 0.2) is 48.5 Å². The smallest absolute Gasteiger partial charge is 0.194 e. The lowest BCUT2D eigenvalue weighted by atomic mass is 10.1. The third-order valence-corrected chi connectivity index (χ3v) is 5.30. The Bertz CT molecular complexity index is 855. The van der Waals surface area contributed by atoms with Gasteiger partial charge >= 0.3 is 0 Å². The van der Waals surface area contributed by atoms with Gasteiger partial charge in [-0.3, -0.25) is 10.3 Å². The molecule has 0 fully saturated rings. The molecule has 6 nitrogen and oxygen atoms in total. The first kappa shape index (κ1) is 18.7. The molecule has 1 aromatic heterocycles. The van der Waals surface area contributed by atoms with E-state index in [-0.39, 0.29) is 5.96 Å². The van der Waals surface area contributed by atoms with Crippen molar-refractivity contribution in [2.24, 2.45) is 5.73 Å². The van der Waals surface area contributed by atoms with E-state index in [0.29, 0.717) is 11.7 Å². The van der Waals surface area contributed by atoms with Crippen molar-refractivity contribution in [1.82, 2.24) is 4.98 Å². The molecule has 0 aliphatic rings. The van der Waals surface area contributed by atoms with Gasteiger partial charge in [0.2, 0.25) is 0 Å². The highest BCUT2D eigenvalue weighted by Crippen LogP contribution is 2.41. The van der Waals surface area contributed by atoms with E-state index < -0.39 is 0 Å². The molecule has 0 saturated heterocycles. The zero-order chi connectivity index (χ0) is 19.4. The summed E-state index contributed by atoms with van der Waals surface area (Å²) in [6.07, 6.45) is 0. The molecule has 3 N–H and O–H groups in total. The van der Waals surface area contributed by atoms with E-state index in [1.165, 1.54) is 11.3 Å². The van der Waals surface area contributed by atoms with E-state index in [2.05, 4.69) is 0 Å². The standard InChI is InChI=1S/C20H22N4O2S/c1-4-24(19(21)22)20-23-17(13-5-9-15(25-2)10-6-13)18(27-20)14-7-11-16(26-3)12-8-14/h5-12H,4H2,1-3H3,(H3,21,22). The van der Waals surface area contributed by atoms with Crippen molar-refractivity contribution in [3.05, 3.63) is 48.5 Å². The molecule has 0 spiro atoms. The quantitative estimate of drug-likeness (QED) is 0.493. The van der Waals surface area contributed by atoms with Crippen molar-refractivity contribution in [3.8, 4) is 33.2 Å². The van der Waals surface area contributed by atoms with Crippen molar-refractivity contribution < 1.29 is 9.47 Å². The van der Waals surface area contributed by atoms with Crippen LogP contribution in [-0.4, -0.2) is 31.7 Å². The maximum atomic E-state index is 7.82. The van der Waals surface area contributed by atoms with E-state index in [9.17, 15) is 0 Å². The highest BCUT2D eigenvalue weighted by molar-refractivity contribution is 7.19. The first-order chi connectivity index (χ1) is 13.1. The first-order valence-corrected chi connectivity index (χ1v) is 9.30. The molecular weight excluding hydrogens is 360 g/mol. The van der Waals surface area contributed by atoms with Crippen LogP contribution >= 0.6 is 11.3 Å². The Hall–Kier alpha value is -3.06. The van der Waals surface area contributed by atoms with Crippen LogP contribution in [0, 0.1) is 5.41 Å². The lowest BCUT2D eigenvalue weighted by Gasteiger charge is -2.16. The summed E-state index contributed by atoms with van der Waals surface area (Å²) in [5.41, 5.74) is 8.59. The summed E-state index contributed by atoms with van der Waals surface area (Å²) in [7, 11) is 3.29. The van der Waals surface area contributed by atoms with Crippen LogP contribution in [0.2, 0.25) is 0 Å². The van der Waals surface area contributed by atoms with E-state index in [4.69, 9.17) is 25.6 Å². The van der Waals surface area contributed by atoms with Gasteiger partial charge in [-0.25, -0.2) is 4.98 Å². The van der Waals surface area contributed by atoms with Gasteiger partial charge in [0.15, 0.2) is 11.1 Å². The molecule has 1 heterocycles. The fourth-order valence-electron chi connectivity index (χ4n) is 2.72. The monoisotopic (exact) mass is 382 g/mol. The van der Waals surface area contributed by atoms with Crippen LogP contribution in [0.4, 0.5) is 5.13 Å². The number of hydrogen-bond acceptors (Lipinski definition) is 5. The first-order valence-electron chi connectivity index (χ1n) is 8.48. The van der Waals surface area contributed by atoms with Crippen LogP contribution in [0.25, 0.3) is 21.7 Å². The number of nitrogens with zero attached hydrogens (tertiary/aromatic N) is 2. The molecule has 3 aromatic rings. The summed E-state index contributed by atoms with van der Waals surface area (Å²) < 4.78 is 10.5. The minimum Gasteiger partial charge on any atom is -0.497 e. The van der Waals surface area contributed by atoms with Crippen molar-refractivity contribution in [3.63, 3.8) is 0 Å². The number of nitrogens with one attached hydrogen (secondary N) is 1. The Morgan fingerprint density at radius 3 is 1.96 bits per heavy atom. The molecule has 27 heavy (non-hydrogen) atoms. The number of aromatic nitrogens is 1. The third-order valence-electron chi connectivity index (χ3n) is 4.17. The average Bonchev–Trinajstić information content (AvgIpc) is 3.13. The van der Waals surface area contributed by atoms with Gasteiger partial charge in [0.1, 0.15) is 11.5 Å². The molecule has 0 unspecified atom stereocenters. The van der Waals surface area contributed by atoms with Gasteiger partial charge < -0.3 is 15.2 Å². The number of nitrogens with two attached hydrogens (primary N) is 1. The van der Waals surface area contributed by atoms with Gasteiger partial charge in [-0.1, -0.05) is 11.3 Å². The number of hydrogen-bond donors (Lipinski definition) is 2. The van der Waals surface area contributed by atoms with Crippen LogP contribution in [0.1, 0.15) is 6.92 Å². The molecule has 0 radical (unpaired) electrons. The molecular formula is C20H22N4O2S. The average molecular weight is 382 g/mol. The van der Waals surface area contributed by atoms with E-state index in [1.807, 2.05) is 55.5 Å². The van der Waals surface area contributed by atoms with Crippen LogP contribution in [0.3, 0.4) is 0 Å². The highest BCUT2D eigenvalue weighted by Gasteiger charge is 2.19. The lowest BCUT2D eigenvalue weighted by Crippen LogP contribution is -2.36. The highest BCUT2D eigenvalue weighted by atomic mass is 32.1. The fourth-order valence-corrected chi connectivity index (χ4v) is 3.89. The summed E-state index contributed by atoms with van der Waals surface area (Å²) in [4.78, 5) is 7.50. The van der Waals surface area contributed by atoms with E-state index in [1.54, 1.807) is 19.1 Å². The minimum atomic E-state index is -0.0196. The molecule has 3 rings (SSSR count). The van der Waals surface area contributed by atoms with Gasteiger partial charge in [0, 0.05) is 12.1 Å². The predicted molar refractivity (Wildman–Crippen MR) is 111 cm³/mol. The molecule has 0 aliphatic carbocycles. The van der Waals surface area contributed by atoms with Gasteiger partial charge in [0.05, 0.1) is 24.8 Å². The Labute approximate surface area is 162 Å². The summed E-state index contributed by atoms with van der Waals surface area (Å²) in [6.45, 7) is 2.52. The molecule has 0 aliphatic heterocycles. The summed E-state index contributed by atoms with van der Waals surface area (Å²) in [6, 6.07) is 15.7. The van der Waals surface area contributed by atoms with Crippen LogP contribution in [0.5, 0.6) is 11.5 Å². The van der Waals surface area contributed by atoms with Crippen LogP contribution in [-0.2, 0) is 0 Å². The van der Waals surface area contributed by atoms with Crippen molar-refractivity contribution in [1.29, 1.82) is 5.41 Å². The second-order valence-corrected chi connectivity index (χ2v) is 6.74. The Balaban J connectivity index is 2.13. The zero-order valence-corrected chi connectivity index (χ0v) is 16.3. The minimum absolute atomic E-state index is 0.0196. The van der Waals surface area contributed by atoms with Gasteiger partial charge in [0.25, 0.3) is 0 Å². The Kier molecular flexibility index (Phi) is 5.61. The topological polar surface area (TPSA) is 84.5 Å². The number of rotatable bonds is 6. The van der Waals surface area contributed by atoms with E-state index in [0.717, 1.165) is 33.2 Å². The number of benzene rings is 2. The SMILES string of the molecule is CCN(C(=N)N)c1nc(-c2ccc(OC)cc2)c(-c2ccc(OC)cc2)s1. The molecule has 0 saturated carbocycles. The van der Waals surface area contributed by atoms with Crippen molar-refractivity contribution in [2.45, 2.75) is 6.92 Å². The molecule has 0 atom stereocenters. The predicted octanol–water partition coefficient (Wildman–Crippen LogP) is 4.21. The maximum Gasteiger partial charge on any atom is 0.194 e. The summed E-state index contributed by atoms with van der Waals surface area (Å²) >= 11 is 1.51. The number of ether oxygens (including phenoxy) is 2. The number of thiazole rings is 1. The fraction of sp³-hybridized carbons (Fsp3) is 0.200. The zero-order valence-electron chi connectivity index (χ0n) is 15.5. The molecule has 0 bridgehead atoms. The van der Waals surface area contributed by atoms with Crippen LogP contribution < -0.4 is 20.1 Å². The molecule has 0 amide bonds.